The summed E-state index contributed by atoms with van der Waals surface area (Å²) in [4.78, 5) is 21.3. The van der Waals surface area contributed by atoms with Gasteiger partial charge in [-0.2, -0.15) is 13.2 Å². The zero-order chi connectivity index (χ0) is 27.4. The van der Waals surface area contributed by atoms with Crippen LogP contribution in [0.4, 0.5) is 17.6 Å². The molecule has 2 heterocycles. The second-order valence-corrected chi connectivity index (χ2v) is 9.07. The molecular formula is C28H24ClF4N3O2. The Kier molecular flexibility index (Phi) is 8.28. The molecule has 0 aliphatic rings. The van der Waals surface area contributed by atoms with Gasteiger partial charge in [-0.15, -0.1) is 0 Å². The molecule has 0 spiro atoms. The van der Waals surface area contributed by atoms with Crippen LogP contribution in [0.2, 0.25) is 5.02 Å². The van der Waals surface area contributed by atoms with E-state index in [-0.39, 0.29) is 33.9 Å². The van der Waals surface area contributed by atoms with Crippen molar-refractivity contribution in [3.63, 3.8) is 0 Å². The Hall–Kier alpha value is -3.56. The molecule has 5 nitrogen and oxygen atoms in total. The maximum absolute atomic E-state index is 13.5. The van der Waals surface area contributed by atoms with Crippen molar-refractivity contribution in [3.8, 4) is 11.3 Å². The summed E-state index contributed by atoms with van der Waals surface area (Å²) in [5.41, 5.74) is 3.33. The molecule has 0 saturated carbocycles. The van der Waals surface area contributed by atoms with Gasteiger partial charge in [-0.1, -0.05) is 11.6 Å². The van der Waals surface area contributed by atoms with Crippen molar-refractivity contribution >= 4 is 28.4 Å². The molecule has 2 aromatic carbocycles. The summed E-state index contributed by atoms with van der Waals surface area (Å²) in [5.74, 6) is -0.843. The van der Waals surface area contributed by atoms with Crippen molar-refractivity contribution in [2.24, 2.45) is 0 Å². The molecule has 0 aliphatic heterocycles. The molecule has 10 heteroatoms. The van der Waals surface area contributed by atoms with Gasteiger partial charge in [-0.25, -0.2) is 4.39 Å². The second kappa shape index (κ2) is 11.4. The molecule has 0 unspecified atom stereocenters. The van der Waals surface area contributed by atoms with Crippen LogP contribution in [0.5, 0.6) is 0 Å². The van der Waals surface area contributed by atoms with Crippen LogP contribution in [0, 0.1) is 12.7 Å². The minimum atomic E-state index is -4.57. The molecule has 4 aromatic rings. The zero-order valence-corrected chi connectivity index (χ0v) is 21.4. The first kappa shape index (κ1) is 27.5. The standard InChI is InChI=1S/C28H24ClF4N3O2/c1-3-38-15-23-16(2)10-22(36-25(23)17-4-6-21(30)7-5-17)8-9-34-27(37)19-11-18-12-20(28(31,32)33)14-35-26(18)24(29)13-19/h4-7,10-14H,3,8-9,15H2,1-2H3,(H,34,37). The van der Waals surface area contributed by atoms with Crippen LogP contribution < -0.4 is 5.32 Å². The third-order valence-corrected chi connectivity index (χ3v) is 6.25. The highest BCUT2D eigenvalue weighted by molar-refractivity contribution is 6.35. The van der Waals surface area contributed by atoms with Crippen LogP contribution in [0.1, 0.15) is 39.7 Å². The van der Waals surface area contributed by atoms with Gasteiger partial charge in [0.15, 0.2) is 0 Å². The lowest BCUT2D eigenvalue weighted by Gasteiger charge is -2.15. The number of rotatable bonds is 8. The normalized spacial score (nSPS) is 11.7. The number of pyridine rings is 2. The van der Waals surface area contributed by atoms with E-state index < -0.39 is 17.6 Å². The summed E-state index contributed by atoms with van der Waals surface area (Å²) in [6, 6.07) is 11.6. The van der Waals surface area contributed by atoms with E-state index in [2.05, 4.69) is 10.3 Å². The molecule has 0 saturated heterocycles. The Balaban J connectivity index is 1.53. The number of ether oxygens (including phenoxy) is 1. The fraction of sp³-hybridized carbons (Fsp3) is 0.250. The molecule has 4 rings (SSSR count). The van der Waals surface area contributed by atoms with Crippen LogP contribution in [0.15, 0.2) is 54.7 Å². The number of halogens is 5. The van der Waals surface area contributed by atoms with E-state index in [1.54, 1.807) is 12.1 Å². The zero-order valence-electron chi connectivity index (χ0n) is 20.6. The molecule has 38 heavy (non-hydrogen) atoms. The predicted molar refractivity (Wildman–Crippen MR) is 137 cm³/mol. The molecular weight excluding hydrogens is 522 g/mol. The number of nitrogens with one attached hydrogen (secondary N) is 1. The van der Waals surface area contributed by atoms with Gasteiger partial charge >= 0.3 is 6.18 Å². The maximum atomic E-state index is 13.5. The van der Waals surface area contributed by atoms with Gasteiger partial charge in [-0.05, 0) is 67.9 Å². The highest BCUT2D eigenvalue weighted by Gasteiger charge is 2.31. The van der Waals surface area contributed by atoms with Gasteiger partial charge in [0.25, 0.3) is 5.91 Å². The van der Waals surface area contributed by atoms with Crippen molar-refractivity contribution in [1.82, 2.24) is 15.3 Å². The number of hydrogen-bond donors (Lipinski definition) is 1. The number of aryl methyl sites for hydroxylation is 1. The maximum Gasteiger partial charge on any atom is 0.417 e. The average Bonchev–Trinajstić information content (AvgIpc) is 2.87. The minimum absolute atomic E-state index is 0.0764. The molecule has 0 bridgehead atoms. The van der Waals surface area contributed by atoms with Gasteiger partial charge in [0.2, 0.25) is 0 Å². The smallest absolute Gasteiger partial charge is 0.377 e. The van der Waals surface area contributed by atoms with Gasteiger partial charge in [0.1, 0.15) is 5.82 Å². The number of alkyl halides is 3. The largest absolute Gasteiger partial charge is 0.417 e. The Morgan fingerprint density at radius 1 is 1.11 bits per heavy atom. The highest BCUT2D eigenvalue weighted by Crippen LogP contribution is 2.32. The SMILES string of the molecule is CCOCc1c(C)cc(CCNC(=O)c2cc(Cl)c3ncc(C(F)(F)F)cc3c2)nc1-c1ccc(F)cc1. The fourth-order valence-corrected chi connectivity index (χ4v) is 4.30. The van der Waals surface area contributed by atoms with E-state index in [1.165, 1.54) is 24.3 Å². The number of amides is 1. The second-order valence-electron chi connectivity index (χ2n) is 8.66. The van der Waals surface area contributed by atoms with Crippen molar-refractivity contribution in [3.05, 3.63) is 93.5 Å². The molecule has 0 radical (unpaired) electrons. The molecule has 0 atom stereocenters. The molecule has 0 aliphatic carbocycles. The van der Waals surface area contributed by atoms with E-state index in [4.69, 9.17) is 21.3 Å². The van der Waals surface area contributed by atoms with Gasteiger partial charge < -0.3 is 10.1 Å². The lowest BCUT2D eigenvalue weighted by Crippen LogP contribution is -2.26. The monoisotopic (exact) mass is 545 g/mol. The first-order valence-electron chi connectivity index (χ1n) is 11.8. The average molecular weight is 546 g/mol. The number of fused-ring (bicyclic) bond motifs is 1. The lowest BCUT2D eigenvalue weighted by molar-refractivity contribution is -0.137. The van der Waals surface area contributed by atoms with Crippen LogP contribution in [-0.2, 0) is 23.9 Å². The summed E-state index contributed by atoms with van der Waals surface area (Å²) < 4.78 is 58.4. The summed E-state index contributed by atoms with van der Waals surface area (Å²) >= 11 is 6.19. The molecule has 1 N–H and O–H groups in total. The van der Waals surface area contributed by atoms with Crippen LogP contribution in [0.3, 0.4) is 0 Å². The fourth-order valence-electron chi connectivity index (χ4n) is 4.03. The van der Waals surface area contributed by atoms with Crippen molar-refractivity contribution in [2.75, 3.05) is 13.2 Å². The summed E-state index contributed by atoms with van der Waals surface area (Å²) in [5, 5.41) is 2.96. The summed E-state index contributed by atoms with van der Waals surface area (Å²) in [6.45, 7) is 4.93. The summed E-state index contributed by atoms with van der Waals surface area (Å²) in [6.07, 6.45) is -3.47. The van der Waals surface area contributed by atoms with Crippen LogP contribution in [-0.4, -0.2) is 29.0 Å². The Labute approximate surface area is 221 Å². The Morgan fingerprint density at radius 3 is 2.53 bits per heavy atom. The van der Waals surface area contributed by atoms with E-state index in [0.29, 0.717) is 37.2 Å². The van der Waals surface area contributed by atoms with Gasteiger partial charge in [0, 0.05) is 53.5 Å². The number of hydrogen-bond acceptors (Lipinski definition) is 4. The number of carbonyl (C=O) groups is 1. The Bertz CT molecular complexity index is 1470. The van der Waals surface area contributed by atoms with Crippen molar-refractivity contribution < 1.29 is 27.1 Å². The summed E-state index contributed by atoms with van der Waals surface area (Å²) in [7, 11) is 0. The number of nitrogens with zero attached hydrogens (tertiary/aromatic N) is 2. The minimum Gasteiger partial charge on any atom is -0.377 e. The predicted octanol–water partition coefficient (Wildman–Crippen LogP) is 6.93. The van der Waals surface area contributed by atoms with Crippen LogP contribution in [0.25, 0.3) is 22.2 Å². The van der Waals surface area contributed by atoms with Crippen molar-refractivity contribution in [2.45, 2.75) is 33.1 Å². The third kappa shape index (κ3) is 6.28. The first-order valence-corrected chi connectivity index (χ1v) is 12.2. The van der Waals surface area contributed by atoms with Gasteiger partial charge in [0.05, 0.1) is 28.4 Å². The number of aromatic nitrogens is 2. The number of carbonyl (C=O) groups excluding carboxylic acids is 1. The highest BCUT2D eigenvalue weighted by atomic mass is 35.5. The van der Waals surface area contributed by atoms with E-state index in [0.717, 1.165) is 22.8 Å². The Morgan fingerprint density at radius 2 is 1.84 bits per heavy atom. The van der Waals surface area contributed by atoms with Gasteiger partial charge in [-0.3, -0.25) is 14.8 Å². The van der Waals surface area contributed by atoms with E-state index in [1.807, 2.05) is 19.9 Å². The first-order chi connectivity index (χ1) is 18.1. The lowest BCUT2D eigenvalue weighted by atomic mass is 10.0. The molecule has 2 aromatic heterocycles. The topological polar surface area (TPSA) is 64.1 Å². The number of benzene rings is 2. The molecule has 1 amide bonds. The third-order valence-electron chi connectivity index (χ3n) is 5.96. The quantitative estimate of drug-likeness (QED) is 0.244. The molecule has 198 valence electrons. The van der Waals surface area contributed by atoms with Crippen molar-refractivity contribution in [1.29, 1.82) is 0 Å². The molecule has 0 fully saturated rings. The van der Waals surface area contributed by atoms with E-state index >= 15 is 0 Å². The van der Waals surface area contributed by atoms with E-state index in [9.17, 15) is 22.4 Å². The van der Waals surface area contributed by atoms with Crippen LogP contribution >= 0.6 is 11.6 Å².